The molecule has 0 saturated heterocycles. The van der Waals surface area contributed by atoms with Crippen LogP contribution in [0.25, 0.3) is 0 Å². The molecule has 0 aliphatic rings. The van der Waals surface area contributed by atoms with E-state index >= 15 is 0 Å². The fourth-order valence-electron chi connectivity index (χ4n) is 3.39. The van der Waals surface area contributed by atoms with Gasteiger partial charge in [-0.2, -0.15) is 4.98 Å². The van der Waals surface area contributed by atoms with Crippen molar-refractivity contribution < 1.29 is 23.9 Å². The second-order valence-corrected chi connectivity index (χ2v) is 9.61. The number of aryl methyl sites for hydroxylation is 1. The molecule has 1 heterocycles. The number of nitrogens with zero attached hydrogens (tertiary/aromatic N) is 2. The molecule has 33 heavy (non-hydrogen) atoms. The highest BCUT2D eigenvalue weighted by molar-refractivity contribution is 7.51. The number of methoxy groups -OCH3 is 1. The summed E-state index contributed by atoms with van der Waals surface area (Å²) >= 11 is 0. The SMILES string of the molecule is CCCCCNc1nc(N)nc(C)c1Cc1cc(C(=O)NCCCP(=O)(O)O)ccc1OC. The number of aromatic nitrogens is 2. The Morgan fingerprint density at radius 2 is 1.94 bits per heavy atom. The Morgan fingerprint density at radius 1 is 1.18 bits per heavy atom. The number of hydrogen-bond acceptors (Lipinski definition) is 7. The van der Waals surface area contributed by atoms with Crippen molar-refractivity contribution in [3.8, 4) is 5.75 Å². The molecule has 0 spiro atoms. The Bertz CT molecular complexity index is 995. The van der Waals surface area contributed by atoms with Crippen LogP contribution in [0.4, 0.5) is 11.8 Å². The van der Waals surface area contributed by atoms with E-state index in [9.17, 15) is 9.36 Å². The van der Waals surface area contributed by atoms with Gasteiger partial charge in [0.05, 0.1) is 13.3 Å². The monoisotopic (exact) mass is 479 g/mol. The first-order chi connectivity index (χ1) is 15.6. The number of carbonyl (C=O) groups excluding carboxylic acids is 1. The lowest BCUT2D eigenvalue weighted by molar-refractivity contribution is 0.0953. The van der Waals surface area contributed by atoms with Gasteiger partial charge in [0.1, 0.15) is 11.6 Å². The molecule has 182 valence electrons. The zero-order valence-corrected chi connectivity index (χ0v) is 20.3. The molecule has 0 unspecified atom stereocenters. The molecule has 0 radical (unpaired) electrons. The summed E-state index contributed by atoms with van der Waals surface area (Å²) in [5.41, 5.74) is 8.70. The van der Waals surface area contributed by atoms with Crippen LogP contribution in [0.15, 0.2) is 18.2 Å². The predicted molar refractivity (Wildman–Crippen MR) is 129 cm³/mol. The van der Waals surface area contributed by atoms with E-state index in [-0.39, 0.29) is 31.0 Å². The number of nitrogens with two attached hydrogens (primary N) is 1. The number of nitrogen functional groups attached to an aromatic ring is 1. The van der Waals surface area contributed by atoms with Gasteiger partial charge in [0.25, 0.3) is 5.91 Å². The van der Waals surface area contributed by atoms with E-state index in [1.807, 2.05) is 6.92 Å². The molecule has 10 nitrogen and oxygen atoms in total. The van der Waals surface area contributed by atoms with Crippen LogP contribution in [-0.2, 0) is 11.0 Å². The van der Waals surface area contributed by atoms with Gasteiger partial charge in [0.2, 0.25) is 5.95 Å². The maximum absolute atomic E-state index is 12.6. The number of nitrogens with one attached hydrogen (secondary N) is 2. The summed E-state index contributed by atoms with van der Waals surface area (Å²) in [6.07, 6.45) is 3.59. The molecule has 2 aromatic rings. The summed E-state index contributed by atoms with van der Waals surface area (Å²) < 4.78 is 16.5. The molecule has 0 fully saturated rings. The third-order valence-electron chi connectivity index (χ3n) is 5.13. The largest absolute Gasteiger partial charge is 0.496 e. The lowest BCUT2D eigenvalue weighted by Gasteiger charge is -2.16. The van der Waals surface area contributed by atoms with E-state index in [0.717, 1.165) is 42.6 Å². The lowest BCUT2D eigenvalue weighted by atomic mass is 10.0. The van der Waals surface area contributed by atoms with E-state index < -0.39 is 7.60 Å². The van der Waals surface area contributed by atoms with Crippen molar-refractivity contribution in [3.05, 3.63) is 40.6 Å². The van der Waals surface area contributed by atoms with Gasteiger partial charge >= 0.3 is 7.60 Å². The first-order valence-corrected chi connectivity index (χ1v) is 12.8. The van der Waals surface area contributed by atoms with Gasteiger partial charge in [0.15, 0.2) is 0 Å². The zero-order chi connectivity index (χ0) is 24.4. The Kier molecular flexibility index (Phi) is 10.1. The maximum Gasteiger partial charge on any atom is 0.325 e. The van der Waals surface area contributed by atoms with Crippen molar-refractivity contribution >= 4 is 25.3 Å². The van der Waals surface area contributed by atoms with Crippen molar-refractivity contribution in [1.82, 2.24) is 15.3 Å². The number of hydrogen-bond donors (Lipinski definition) is 5. The van der Waals surface area contributed by atoms with Crippen LogP contribution in [0.3, 0.4) is 0 Å². The first kappa shape index (κ1) is 26.6. The molecular formula is C22H34N5O5P. The molecule has 0 bridgehead atoms. The number of unbranched alkanes of at least 4 members (excludes halogenated alkanes) is 2. The van der Waals surface area contributed by atoms with Crippen molar-refractivity contribution in [2.24, 2.45) is 0 Å². The quantitative estimate of drug-likeness (QED) is 0.215. The predicted octanol–water partition coefficient (Wildman–Crippen LogP) is 2.87. The Hall–Kier alpha value is -2.68. The lowest BCUT2D eigenvalue weighted by Crippen LogP contribution is -2.25. The van der Waals surface area contributed by atoms with Crippen LogP contribution in [0.2, 0.25) is 0 Å². The van der Waals surface area contributed by atoms with Crippen LogP contribution < -0.4 is 21.1 Å². The summed E-state index contributed by atoms with van der Waals surface area (Å²) in [7, 11) is -2.51. The molecule has 1 aromatic carbocycles. The van der Waals surface area contributed by atoms with Crippen LogP contribution in [-0.4, -0.2) is 52.0 Å². The van der Waals surface area contributed by atoms with Crippen LogP contribution in [0.5, 0.6) is 5.75 Å². The van der Waals surface area contributed by atoms with Crippen molar-refractivity contribution in [3.63, 3.8) is 0 Å². The number of anilines is 2. The standard InChI is InChI=1S/C22H34N5O5P/c1-4-5-6-10-24-20-18(15(2)26-22(23)27-20)14-17-13-16(8-9-19(17)32-3)21(28)25-11-7-12-33(29,30)31/h8-9,13H,4-7,10-12,14H2,1-3H3,(H,25,28)(H2,29,30,31)(H3,23,24,26,27). The number of amides is 1. The highest BCUT2D eigenvalue weighted by Crippen LogP contribution is 2.34. The van der Waals surface area contributed by atoms with Crippen LogP contribution in [0, 0.1) is 6.92 Å². The minimum absolute atomic E-state index is 0.169. The van der Waals surface area contributed by atoms with Gasteiger partial charge in [-0.05, 0) is 43.5 Å². The highest BCUT2D eigenvalue weighted by atomic mass is 31.2. The molecule has 2 rings (SSSR count). The van der Waals surface area contributed by atoms with E-state index in [0.29, 0.717) is 23.6 Å². The van der Waals surface area contributed by atoms with E-state index in [1.165, 1.54) is 0 Å². The molecule has 0 aliphatic heterocycles. The van der Waals surface area contributed by atoms with E-state index in [4.69, 9.17) is 20.3 Å². The second-order valence-electron chi connectivity index (χ2n) is 7.83. The fourth-order valence-corrected chi connectivity index (χ4v) is 3.96. The van der Waals surface area contributed by atoms with Crippen molar-refractivity contribution in [2.45, 2.75) is 46.0 Å². The third kappa shape index (κ3) is 8.64. The topological polar surface area (TPSA) is 160 Å². The normalized spacial score (nSPS) is 11.3. The van der Waals surface area contributed by atoms with Crippen LogP contribution >= 0.6 is 7.60 Å². The minimum atomic E-state index is -4.08. The van der Waals surface area contributed by atoms with Crippen LogP contribution in [0.1, 0.15) is 59.8 Å². The summed E-state index contributed by atoms with van der Waals surface area (Å²) in [5.74, 6) is 1.17. The summed E-state index contributed by atoms with van der Waals surface area (Å²) in [6, 6.07) is 5.12. The van der Waals surface area contributed by atoms with Gasteiger partial charge in [-0.3, -0.25) is 9.36 Å². The van der Waals surface area contributed by atoms with Gasteiger partial charge < -0.3 is 30.9 Å². The Labute approximate surface area is 194 Å². The summed E-state index contributed by atoms with van der Waals surface area (Å²) in [6.45, 7) is 4.95. The molecular weight excluding hydrogens is 445 g/mol. The highest BCUT2D eigenvalue weighted by Gasteiger charge is 2.17. The number of carbonyl (C=O) groups is 1. The Morgan fingerprint density at radius 3 is 2.61 bits per heavy atom. The zero-order valence-electron chi connectivity index (χ0n) is 19.4. The molecule has 6 N–H and O–H groups in total. The van der Waals surface area contributed by atoms with E-state index in [2.05, 4.69) is 27.5 Å². The van der Waals surface area contributed by atoms with Gasteiger partial charge in [0, 0.05) is 36.3 Å². The number of benzene rings is 1. The smallest absolute Gasteiger partial charge is 0.325 e. The number of ether oxygens (including phenoxy) is 1. The fraction of sp³-hybridized carbons (Fsp3) is 0.500. The average Bonchev–Trinajstić information content (AvgIpc) is 2.75. The second kappa shape index (κ2) is 12.5. The molecule has 1 amide bonds. The third-order valence-corrected chi connectivity index (χ3v) is 6.02. The van der Waals surface area contributed by atoms with Crippen molar-refractivity contribution in [2.75, 3.05) is 37.4 Å². The molecule has 1 aromatic heterocycles. The first-order valence-electron chi connectivity index (χ1n) is 11.0. The molecule has 0 aliphatic carbocycles. The molecule has 0 atom stereocenters. The van der Waals surface area contributed by atoms with Crippen molar-refractivity contribution in [1.29, 1.82) is 0 Å². The van der Waals surface area contributed by atoms with Gasteiger partial charge in [-0.15, -0.1) is 0 Å². The van der Waals surface area contributed by atoms with E-state index in [1.54, 1.807) is 25.3 Å². The van der Waals surface area contributed by atoms with Gasteiger partial charge in [-0.25, -0.2) is 4.98 Å². The maximum atomic E-state index is 12.6. The summed E-state index contributed by atoms with van der Waals surface area (Å²) in [4.78, 5) is 39.1. The summed E-state index contributed by atoms with van der Waals surface area (Å²) in [5, 5.41) is 6.05. The van der Waals surface area contributed by atoms with Gasteiger partial charge in [-0.1, -0.05) is 19.8 Å². The Balaban J connectivity index is 2.21. The molecule has 11 heteroatoms. The minimum Gasteiger partial charge on any atom is -0.496 e. The molecule has 0 saturated carbocycles. The number of rotatable bonds is 13. The average molecular weight is 480 g/mol.